The van der Waals surface area contributed by atoms with Crippen molar-refractivity contribution in [3.8, 4) is 5.75 Å². The molecule has 0 unspecified atom stereocenters. The van der Waals surface area contributed by atoms with E-state index in [0.717, 1.165) is 0 Å². The summed E-state index contributed by atoms with van der Waals surface area (Å²) < 4.78 is 27.5. The average Bonchev–Trinajstić information content (AvgIpc) is 3.10. The van der Waals surface area contributed by atoms with E-state index in [4.69, 9.17) is 23.7 Å². The highest BCUT2D eigenvalue weighted by Crippen LogP contribution is 2.32. The highest BCUT2D eigenvalue weighted by Gasteiger charge is 2.40. The second kappa shape index (κ2) is 19.7. The third-order valence-electron chi connectivity index (χ3n) is 7.34. The Kier molecular flexibility index (Phi) is 15.4. The van der Waals surface area contributed by atoms with Gasteiger partial charge in [0.1, 0.15) is 25.4 Å². The summed E-state index contributed by atoms with van der Waals surface area (Å²) >= 11 is 0. The molecule has 3 aromatic rings. The van der Waals surface area contributed by atoms with Crippen LogP contribution in [0.1, 0.15) is 64.2 Å². The molecule has 0 saturated carbocycles. The van der Waals surface area contributed by atoms with Crippen LogP contribution in [0.3, 0.4) is 0 Å². The minimum atomic E-state index is -1.58. The molecular weight excluding hydrogens is 660 g/mol. The van der Waals surface area contributed by atoms with Gasteiger partial charge in [-0.25, -0.2) is 9.59 Å². The van der Waals surface area contributed by atoms with Gasteiger partial charge in [0.15, 0.2) is 11.7 Å². The average molecular weight is 707 g/mol. The lowest BCUT2D eigenvalue weighted by Gasteiger charge is -2.25. The van der Waals surface area contributed by atoms with E-state index in [-0.39, 0.29) is 50.4 Å². The van der Waals surface area contributed by atoms with Crippen LogP contribution in [0.15, 0.2) is 78.9 Å². The Hall–Kier alpha value is -5.46. The largest absolute Gasteiger partial charge is 0.482 e. The molecule has 3 rings (SSSR count). The van der Waals surface area contributed by atoms with Crippen molar-refractivity contribution in [2.45, 2.75) is 79.2 Å². The molecule has 0 bridgehead atoms. The third kappa shape index (κ3) is 13.4. The van der Waals surface area contributed by atoms with Crippen LogP contribution in [0, 0.1) is 21.4 Å². The molecule has 1 N–H and O–H groups in total. The Morgan fingerprint density at radius 1 is 0.765 bits per heavy atom. The van der Waals surface area contributed by atoms with Crippen molar-refractivity contribution in [1.82, 2.24) is 5.32 Å². The molecule has 0 aliphatic rings. The number of alkyl carbamates (subject to hydrolysis) is 1. The molecule has 2 atom stereocenters. The lowest BCUT2D eigenvalue weighted by Crippen LogP contribution is -2.44. The van der Waals surface area contributed by atoms with Crippen LogP contribution in [0.4, 0.5) is 10.5 Å². The lowest BCUT2D eigenvalue weighted by molar-refractivity contribution is -0.386. The van der Waals surface area contributed by atoms with E-state index in [0.29, 0.717) is 23.1 Å². The maximum Gasteiger partial charge on any atom is 0.407 e. The molecule has 0 fully saturated rings. The van der Waals surface area contributed by atoms with Gasteiger partial charge in [-0.15, -0.1) is 0 Å². The third-order valence-corrected chi connectivity index (χ3v) is 7.34. The maximum absolute atomic E-state index is 13.6. The van der Waals surface area contributed by atoms with Gasteiger partial charge in [0.05, 0.1) is 18.1 Å². The second-order valence-electron chi connectivity index (χ2n) is 13.0. The first-order valence-corrected chi connectivity index (χ1v) is 16.8. The number of nitro groups is 1. The van der Waals surface area contributed by atoms with Crippen LogP contribution in [0.2, 0.25) is 0 Å². The number of rotatable bonds is 18. The van der Waals surface area contributed by atoms with Gasteiger partial charge in [0, 0.05) is 12.5 Å². The molecule has 0 saturated heterocycles. The van der Waals surface area contributed by atoms with E-state index in [2.05, 4.69) is 5.32 Å². The van der Waals surface area contributed by atoms with Crippen molar-refractivity contribution in [3.63, 3.8) is 0 Å². The Balaban J connectivity index is 1.89. The van der Waals surface area contributed by atoms with E-state index in [9.17, 15) is 29.3 Å². The predicted octanol–water partition coefficient (Wildman–Crippen LogP) is 6.49. The van der Waals surface area contributed by atoms with Crippen LogP contribution >= 0.6 is 0 Å². The maximum atomic E-state index is 13.6. The van der Waals surface area contributed by atoms with Crippen LogP contribution in [0.25, 0.3) is 0 Å². The molecule has 3 aromatic carbocycles. The zero-order chi connectivity index (χ0) is 37.4. The topological polar surface area (TPSA) is 170 Å². The summed E-state index contributed by atoms with van der Waals surface area (Å²) in [5.41, 5.74) is 0.884. The second-order valence-corrected chi connectivity index (χ2v) is 13.0. The Morgan fingerprint density at radius 2 is 1.33 bits per heavy atom. The number of nitro benzene ring substituents is 1. The van der Waals surface area contributed by atoms with Crippen LogP contribution in [0.5, 0.6) is 5.75 Å². The zero-order valence-electron chi connectivity index (χ0n) is 29.6. The summed E-state index contributed by atoms with van der Waals surface area (Å²) in [5.74, 6) is -4.35. The van der Waals surface area contributed by atoms with Crippen LogP contribution in [-0.2, 0) is 53.0 Å². The number of amides is 1. The standard InChI is InChI=1S/C38H46N2O11/c1-6-14-32(33(35(42)48-23-26-15-10-8-11-16-26)36(43)49-24-27-17-12-9-13-18-27)51-31-20-19-28(22-30(31)40(45)46)21-29(34(41)47-7-2)39-37(44)50-25-38(3,4)5/h8-13,15-20,22,29,32-33H,6-7,14,21,23-25H2,1-5H3,(H,39,44)/t29-,32-/m0/s1. The molecule has 0 aromatic heterocycles. The number of esters is 3. The first-order chi connectivity index (χ1) is 24.3. The fourth-order valence-electron chi connectivity index (χ4n) is 4.85. The van der Waals surface area contributed by atoms with Crippen molar-refractivity contribution in [1.29, 1.82) is 0 Å². The molecular formula is C38H46N2O11. The van der Waals surface area contributed by atoms with Gasteiger partial charge in [0.25, 0.3) is 0 Å². The lowest BCUT2D eigenvalue weighted by atomic mass is 9.98. The number of carbonyl (C=O) groups excluding carboxylic acids is 4. The van der Waals surface area contributed by atoms with E-state index in [1.54, 1.807) is 55.5 Å². The fourth-order valence-corrected chi connectivity index (χ4v) is 4.85. The Morgan fingerprint density at radius 3 is 1.82 bits per heavy atom. The summed E-state index contributed by atoms with van der Waals surface area (Å²) in [6, 6.07) is 20.6. The van der Waals surface area contributed by atoms with Gasteiger partial charge in [-0.1, -0.05) is 101 Å². The predicted molar refractivity (Wildman–Crippen MR) is 186 cm³/mol. The molecule has 51 heavy (non-hydrogen) atoms. The molecule has 13 nitrogen and oxygen atoms in total. The van der Waals surface area contributed by atoms with Crippen molar-refractivity contribution in [2.24, 2.45) is 11.3 Å². The number of hydrogen-bond acceptors (Lipinski definition) is 11. The van der Waals surface area contributed by atoms with E-state index >= 15 is 0 Å². The van der Waals surface area contributed by atoms with E-state index in [1.165, 1.54) is 18.2 Å². The van der Waals surface area contributed by atoms with Crippen LogP contribution in [-0.4, -0.2) is 54.3 Å². The number of benzene rings is 3. The van der Waals surface area contributed by atoms with Gasteiger partial charge >= 0.3 is 29.7 Å². The highest BCUT2D eigenvalue weighted by atomic mass is 16.6. The SMILES string of the molecule is CCC[C@H](Oc1ccc(C[C@H](NC(=O)OCC(C)(C)C)C(=O)OCC)cc1[N+](=O)[O-])C(C(=O)OCc1ccccc1)C(=O)OCc1ccccc1. The number of hydrogen-bond donors (Lipinski definition) is 1. The molecule has 274 valence electrons. The van der Waals surface area contributed by atoms with Crippen molar-refractivity contribution in [2.75, 3.05) is 13.2 Å². The van der Waals surface area contributed by atoms with E-state index in [1.807, 2.05) is 39.8 Å². The zero-order valence-corrected chi connectivity index (χ0v) is 29.6. The minimum Gasteiger partial charge on any atom is -0.482 e. The monoisotopic (exact) mass is 706 g/mol. The summed E-state index contributed by atoms with van der Waals surface area (Å²) in [5, 5.41) is 14.8. The van der Waals surface area contributed by atoms with Crippen molar-refractivity contribution in [3.05, 3.63) is 106 Å². The summed E-state index contributed by atoms with van der Waals surface area (Å²) in [6.07, 6.45) is -1.61. The van der Waals surface area contributed by atoms with Gasteiger partial charge in [0.2, 0.25) is 0 Å². The Bertz CT molecular complexity index is 1550. The number of nitrogens with one attached hydrogen (secondary N) is 1. The van der Waals surface area contributed by atoms with Gasteiger partial charge in [-0.3, -0.25) is 19.7 Å². The molecule has 0 aliphatic heterocycles. The summed E-state index contributed by atoms with van der Waals surface area (Å²) in [4.78, 5) is 64.0. The molecule has 0 aliphatic carbocycles. The molecule has 0 radical (unpaired) electrons. The quantitative estimate of drug-likeness (QED) is 0.0504. The number of carbonyl (C=O) groups is 4. The van der Waals surface area contributed by atoms with Crippen LogP contribution < -0.4 is 10.1 Å². The summed E-state index contributed by atoms with van der Waals surface area (Å²) in [6.45, 7) is 8.95. The highest BCUT2D eigenvalue weighted by molar-refractivity contribution is 5.95. The summed E-state index contributed by atoms with van der Waals surface area (Å²) in [7, 11) is 0. The molecule has 0 heterocycles. The Labute approximate surface area is 297 Å². The number of nitrogens with zero attached hydrogens (tertiary/aromatic N) is 1. The fraction of sp³-hybridized carbons (Fsp3) is 0.421. The first-order valence-electron chi connectivity index (χ1n) is 16.8. The van der Waals surface area contributed by atoms with Gasteiger partial charge < -0.3 is 29.0 Å². The van der Waals surface area contributed by atoms with Crippen molar-refractivity contribution >= 4 is 29.7 Å². The normalized spacial score (nSPS) is 12.3. The molecule has 0 spiro atoms. The van der Waals surface area contributed by atoms with Gasteiger partial charge in [-0.2, -0.15) is 0 Å². The molecule has 13 heteroatoms. The smallest absolute Gasteiger partial charge is 0.407 e. The molecule has 1 amide bonds. The number of ether oxygens (including phenoxy) is 5. The van der Waals surface area contributed by atoms with E-state index < -0.39 is 52.7 Å². The van der Waals surface area contributed by atoms with Gasteiger partial charge in [-0.05, 0) is 41.5 Å². The minimum absolute atomic E-state index is 0.0442. The first kappa shape index (κ1) is 40.0. The van der Waals surface area contributed by atoms with Crippen molar-refractivity contribution < 1.29 is 47.8 Å².